The minimum atomic E-state index is 0.0543. The van der Waals surface area contributed by atoms with Gasteiger partial charge in [0.2, 0.25) is 0 Å². The zero-order valence-electron chi connectivity index (χ0n) is 13.3. The molecule has 122 valence electrons. The lowest BCUT2D eigenvalue weighted by atomic mass is 9.77. The topological polar surface area (TPSA) is 79.2 Å². The third-order valence-corrected chi connectivity index (χ3v) is 5.51. The van der Waals surface area contributed by atoms with Crippen LogP contribution in [-0.2, 0) is 11.8 Å². The van der Waals surface area contributed by atoms with Crippen molar-refractivity contribution in [2.45, 2.75) is 31.1 Å². The number of nitrogens with one attached hydrogen (secondary N) is 1. The number of likely N-dealkylation sites (tertiary alicyclic amines) is 1. The van der Waals surface area contributed by atoms with Gasteiger partial charge in [0.05, 0.1) is 6.20 Å². The van der Waals surface area contributed by atoms with Gasteiger partial charge >= 0.3 is 0 Å². The highest BCUT2D eigenvalue weighted by Crippen LogP contribution is 2.44. The molecule has 7 nitrogen and oxygen atoms in total. The molecule has 0 radical (unpaired) electrons. The number of aromatic amines is 1. The summed E-state index contributed by atoms with van der Waals surface area (Å²) in [5.74, 6) is 0.0764. The average Bonchev–Trinajstić information content (AvgIpc) is 3.32. The molecule has 3 aromatic rings. The van der Waals surface area contributed by atoms with Gasteiger partial charge in [-0.3, -0.25) is 9.89 Å². The maximum Gasteiger partial charge on any atom is 0.254 e. The van der Waals surface area contributed by atoms with Crippen LogP contribution in [0.1, 0.15) is 40.9 Å². The first kappa shape index (κ1) is 13.7. The quantitative estimate of drug-likeness (QED) is 0.737. The highest BCUT2D eigenvalue weighted by molar-refractivity contribution is 5.95. The summed E-state index contributed by atoms with van der Waals surface area (Å²) in [5.41, 5.74) is 3.99. The van der Waals surface area contributed by atoms with Crippen LogP contribution in [0.3, 0.4) is 0 Å². The number of carbonyl (C=O) groups is 1. The molecule has 24 heavy (non-hydrogen) atoms. The first-order valence-electron chi connectivity index (χ1n) is 8.37. The van der Waals surface area contributed by atoms with Crippen LogP contribution in [0.4, 0.5) is 0 Å². The standard InChI is InChI=1S/C17H18N6O/c24-16(12-3-7-23-14(8-12)18-11-20-23)22-6-1-4-17(10-22)5-2-13-9-19-21-15(13)17/h3,7-9,11H,1-2,4-6,10H2,(H,19,21). The number of aryl methyl sites for hydroxylation is 1. The summed E-state index contributed by atoms with van der Waals surface area (Å²) in [5, 5.41) is 11.5. The molecule has 5 rings (SSSR count). The van der Waals surface area contributed by atoms with Gasteiger partial charge in [0.25, 0.3) is 5.91 Å². The largest absolute Gasteiger partial charge is 0.338 e. The summed E-state index contributed by atoms with van der Waals surface area (Å²) in [7, 11) is 0. The monoisotopic (exact) mass is 322 g/mol. The lowest BCUT2D eigenvalue weighted by molar-refractivity contribution is 0.0633. The maximum absolute atomic E-state index is 13.0. The normalized spacial score (nSPS) is 23.1. The predicted octanol–water partition coefficient (Wildman–Crippen LogP) is 1.57. The number of amides is 1. The summed E-state index contributed by atoms with van der Waals surface area (Å²) in [6.07, 6.45) is 9.52. The van der Waals surface area contributed by atoms with E-state index in [0.717, 1.165) is 38.8 Å². The van der Waals surface area contributed by atoms with E-state index in [-0.39, 0.29) is 11.3 Å². The second kappa shape index (κ2) is 4.90. The molecule has 1 amide bonds. The third-order valence-electron chi connectivity index (χ3n) is 5.51. The third kappa shape index (κ3) is 1.90. The number of aromatic nitrogens is 5. The molecule has 3 aromatic heterocycles. The number of rotatable bonds is 1. The molecule has 0 bridgehead atoms. The minimum Gasteiger partial charge on any atom is -0.338 e. The first-order chi connectivity index (χ1) is 11.8. The maximum atomic E-state index is 13.0. The summed E-state index contributed by atoms with van der Waals surface area (Å²) >= 11 is 0. The molecule has 1 unspecified atom stereocenters. The van der Waals surface area contributed by atoms with Crippen molar-refractivity contribution in [3.8, 4) is 0 Å². The smallest absolute Gasteiger partial charge is 0.254 e. The van der Waals surface area contributed by atoms with Crippen molar-refractivity contribution < 1.29 is 4.79 Å². The Bertz CT molecular complexity index is 928. The summed E-state index contributed by atoms with van der Waals surface area (Å²) in [4.78, 5) is 19.2. The van der Waals surface area contributed by atoms with Gasteiger partial charge < -0.3 is 4.90 Å². The van der Waals surface area contributed by atoms with Gasteiger partial charge in [-0.15, -0.1) is 0 Å². The number of pyridine rings is 1. The van der Waals surface area contributed by atoms with E-state index in [9.17, 15) is 4.79 Å². The Balaban J connectivity index is 1.45. The van der Waals surface area contributed by atoms with E-state index < -0.39 is 0 Å². The highest BCUT2D eigenvalue weighted by atomic mass is 16.2. The second-order valence-corrected chi connectivity index (χ2v) is 6.86. The number of hydrogen-bond acceptors (Lipinski definition) is 4. The Labute approximate surface area is 138 Å². The minimum absolute atomic E-state index is 0.0543. The van der Waals surface area contributed by atoms with Crippen molar-refractivity contribution in [3.05, 3.63) is 47.7 Å². The van der Waals surface area contributed by atoms with Crippen molar-refractivity contribution >= 4 is 11.6 Å². The van der Waals surface area contributed by atoms with Crippen LogP contribution in [-0.4, -0.2) is 48.7 Å². The van der Waals surface area contributed by atoms with Gasteiger partial charge in [-0.2, -0.15) is 10.2 Å². The fraction of sp³-hybridized carbons (Fsp3) is 0.412. The van der Waals surface area contributed by atoms with Gasteiger partial charge in [0, 0.05) is 36.0 Å². The molecule has 2 aliphatic rings. The van der Waals surface area contributed by atoms with Crippen LogP contribution in [0, 0.1) is 0 Å². The van der Waals surface area contributed by atoms with Crippen LogP contribution in [0.15, 0.2) is 30.9 Å². The molecule has 1 aliphatic heterocycles. The van der Waals surface area contributed by atoms with Crippen LogP contribution in [0.25, 0.3) is 5.65 Å². The van der Waals surface area contributed by atoms with Gasteiger partial charge in [-0.1, -0.05) is 0 Å². The van der Waals surface area contributed by atoms with Crippen molar-refractivity contribution in [1.82, 2.24) is 29.7 Å². The number of carbonyl (C=O) groups excluding carboxylic acids is 1. The molecule has 0 aromatic carbocycles. The van der Waals surface area contributed by atoms with Crippen molar-refractivity contribution in [1.29, 1.82) is 0 Å². The van der Waals surface area contributed by atoms with Crippen molar-refractivity contribution in [2.75, 3.05) is 13.1 Å². The predicted molar refractivity (Wildman–Crippen MR) is 86.7 cm³/mol. The molecule has 1 spiro atoms. The molecule has 1 saturated heterocycles. The molecule has 1 N–H and O–H groups in total. The molecular formula is C17H18N6O. The van der Waals surface area contributed by atoms with E-state index in [4.69, 9.17) is 0 Å². The van der Waals surface area contributed by atoms with Crippen molar-refractivity contribution in [2.24, 2.45) is 0 Å². The van der Waals surface area contributed by atoms with Crippen LogP contribution < -0.4 is 0 Å². The van der Waals surface area contributed by atoms with Crippen molar-refractivity contribution in [3.63, 3.8) is 0 Å². The fourth-order valence-corrected chi connectivity index (χ4v) is 4.30. The Kier molecular flexibility index (Phi) is 2.80. The number of H-pyrrole nitrogens is 1. The summed E-state index contributed by atoms with van der Waals surface area (Å²) in [6.45, 7) is 1.57. The molecule has 1 atom stereocenters. The zero-order chi connectivity index (χ0) is 16.1. The number of fused-ring (bicyclic) bond motifs is 3. The van der Waals surface area contributed by atoms with Crippen LogP contribution in [0.2, 0.25) is 0 Å². The van der Waals surface area contributed by atoms with E-state index in [0.29, 0.717) is 11.2 Å². The lowest BCUT2D eigenvalue weighted by Crippen LogP contribution is -2.47. The van der Waals surface area contributed by atoms with Crippen LogP contribution >= 0.6 is 0 Å². The molecule has 7 heteroatoms. The van der Waals surface area contributed by atoms with E-state index in [2.05, 4.69) is 20.3 Å². The van der Waals surface area contributed by atoms with Gasteiger partial charge in [0.15, 0.2) is 5.65 Å². The SMILES string of the molecule is O=C(c1ccn2ncnc2c1)N1CCCC2(CCc3cn[nH]c32)C1. The average molecular weight is 322 g/mol. The number of piperidine rings is 1. The second-order valence-electron chi connectivity index (χ2n) is 6.86. The van der Waals surface area contributed by atoms with E-state index in [1.807, 2.05) is 23.2 Å². The Morgan fingerprint density at radius 1 is 1.33 bits per heavy atom. The van der Waals surface area contributed by atoms with Gasteiger partial charge in [-0.05, 0) is 43.4 Å². The van der Waals surface area contributed by atoms with E-state index >= 15 is 0 Å². The lowest BCUT2D eigenvalue weighted by Gasteiger charge is -2.40. The Morgan fingerprint density at radius 3 is 3.25 bits per heavy atom. The fourth-order valence-electron chi connectivity index (χ4n) is 4.30. The van der Waals surface area contributed by atoms with E-state index in [1.54, 1.807) is 10.7 Å². The van der Waals surface area contributed by atoms with Gasteiger partial charge in [-0.25, -0.2) is 9.50 Å². The molecule has 1 aliphatic carbocycles. The molecule has 0 saturated carbocycles. The number of nitrogens with zero attached hydrogens (tertiary/aromatic N) is 5. The summed E-state index contributed by atoms with van der Waals surface area (Å²) < 4.78 is 1.67. The highest BCUT2D eigenvalue weighted by Gasteiger charge is 2.44. The Morgan fingerprint density at radius 2 is 2.29 bits per heavy atom. The number of hydrogen-bond donors (Lipinski definition) is 1. The van der Waals surface area contributed by atoms with Crippen LogP contribution in [0.5, 0.6) is 0 Å². The zero-order valence-corrected chi connectivity index (χ0v) is 13.3. The van der Waals surface area contributed by atoms with Gasteiger partial charge in [0.1, 0.15) is 6.33 Å². The van der Waals surface area contributed by atoms with E-state index in [1.165, 1.54) is 17.6 Å². The molecule has 4 heterocycles. The first-order valence-corrected chi connectivity index (χ1v) is 8.37. The Hall–Kier alpha value is -2.70. The molecular weight excluding hydrogens is 304 g/mol. The summed E-state index contributed by atoms with van der Waals surface area (Å²) in [6, 6.07) is 3.63. The molecule has 1 fully saturated rings.